The van der Waals surface area contributed by atoms with Crippen LogP contribution in [0, 0.1) is 53.3 Å². The minimum Gasteiger partial charge on any atom is -0.365 e. The zero-order valence-electron chi connectivity index (χ0n) is 28.0. The molecule has 0 radical (unpaired) electrons. The lowest BCUT2D eigenvalue weighted by molar-refractivity contribution is 0.0563. The number of fused-ring (bicyclic) bond motifs is 6. The Labute approximate surface area is 276 Å². The van der Waals surface area contributed by atoms with Crippen molar-refractivity contribution in [2.45, 2.75) is 101 Å². The van der Waals surface area contributed by atoms with Crippen molar-refractivity contribution in [1.82, 2.24) is 0 Å². The number of hydrogen-bond donors (Lipinski definition) is 0. The molecule has 6 fully saturated rings. The fourth-order valence-electron chi connectivity index (χ4n) is 14.8. The van der Waals surface area contributed by atoms with Crippen molar-refractivity contribution in [3.63, 3.8) is 0 Å². The number of anilines is 1. The van der Waals surface area contributed by atoms with Gasteiger partial charge in [0.25, 0.3) is 0 Å². The summed E-state index contributed by atoms with van der Waals surface area (Å²) in [6.07, 6.45) is 17.3. The van der Waals surface area contributed by atoms with Crippen LogP contribution in [0.5, 0.6) is 0 Å². The lowest BCUT2D eigenvalue weighted by Gasteiger charge is -2.48. The van der Waals surface area contributed by atoms with Gasteiger partial charge in [-0.1, -0.05) is 99.0 Å². The van der Waals surface area contributed by atoms with Crippen LogP contribution in [0.25, 0.3) is 11.1 Å². The van der Waals surface area contributed by atoms with Crippen molar-refractivity contribution in [2.75, 3.05) is 4.90 Å². The maximum atomic E-state index is 3.12. The van der Waals surface area contributed by atoms with Gasteiger partial charge in [-0.25, -0.2) is 0 Å². The van der Waals surface area contributed by atoms with Gasteiger partial charge < -0.3 is 4.90 Å². The van der Waals surface area contributed by atoms with Crippen LogP contribution in [0.1, 0.15) is 101 Å². The van der Waals surface area contributed by atoms with Crippen LogP contribution in [-0.2, 0) is 5.41 Å². The molecule has 8 aliphatic rings. The Morgan fingerprint density at radius 2 is 1.35 bits per heavy atom. The molecule has 3 aromatic carbocycles. The second-order valence-electron chi connectivity index (χ2n) is 17.6. The Hall–Kier alpha value is -2.80. The van der Waals surface area contributed by atoms with E-state index in [4.69, 9.17) is 0 Å². The minimum absolute atomic E-state index is 0.0824. The maximum Gasteiger partial charge on any atom is 0.0377 e. The molecular weight excluding hydrogens is 555 g/mol. The average molecular weight is 606 g/mol. The van der Waals surface area contributed by atoms with Crippen molar-refractivity contribution in [3.05, 3.63) is 101 Å². The van der Waals surface area contributed by atoms with E-state index in [1.54, 1.807) is 11.3 Å². The quantitative estimate of drug-likeness (QED) is 0.263. The number of hydrogen-bond acceptors (Lipinski definition) is 1. The summed E-state index contributed by atoms with van der Waals surface area (Å²) >= 11 is 0. The molecule has 3 aromatic rings. The summed E-state index contributed by atoms with van der Waals surface area (Å²) in [6, 6.07) is 30.5. The minimum atomic E-state index is 0.0824. The van der Waals surface area contributed by atoms with Gasteiger partial charge in [0.15, 0.2) is 0 Å². The van der Waals surface area contributed by atoms with E-state index < -0.39 is 0 Å². The lowest BCUT2D eigenvalue weighted by atomic mass is 9.57. The highest BCUT2D eigenvalue weighted by atomic mass is 15.2. The summed E-state index contributed by atoms with van der Waals surface area (Å²) < 4.78 is 0. The first-order valence-corrected chi connectivity index (χ1v) is 19.4. The summed E-state index contributed by atoms with van der Waals surface area (Å²) in [6.45, 7) is 4.88. The number of rotatable bonds is 2. The Bertz CT molecular complexity index is 1730. The normalized spacial score (nSPS) is 42.0. The van der Waals surface area contributed by atoms with E-state index in [-0.39, 0.29) is 5.41 Å². The molecule has 0 aromatic heterocycles. The van der Waals surface area contributed by atoms with Gasteiger partial charge in [-0.3, -0.25) is 0 Å². The largest absolute Gasteiger partial charge is 0.365 e. The zero-order chi connectivity index (χ0) is 30.3. The van der Waals surface area contributed by atoms with Gasteiger partial charge in [0.2, 0.25) is 0 Å². The van der Waals surface area contributed by atoms with E-state index in [1.807, 2.05) is 5.57 Å². The number of nitrogens with zero attached hydrogens (tertiary/aromatic N) is 1. The van der Waals surface area contributed by atoms with E-state index in [1.165, 1.54) is 86.5 Å². The van der Waals surface area contributed by atoms with Crippen LogP contribution >= 0.6 is 0 Å². The average Bonchev–Trinajstić information content (AvgIpc) is 3.65. The molecule has 0 spiro atoms. The molecule has 236 valence electrons. The third kappa shape index (κ3) is 3.39. The molecular formula is C45H51N. The predicted molar refractivity (Wildman–Crippen MR) is 189 cm³/mol. The second-order valence-corrected chi connectivity index (χ2v) is 17.6. The molecule has 1 aliphatic heterocycles. The highest BCUT2D eigenvalue weighted by Crippen LogP contribution is 2.72. The van der Waals surface area contributed by atoms with Gasteiger partial charge in [0, 0.05) is 29.1 Å². The molecule has 1 heteroatoms. The van der Waals surface area contributed by atoms with E-state index >= 15 is 0 Å². The molecule has 0 amide bonds. The van der Waals surface area contributed by atoms with Crippen molar-refractivity contribution in [3.8, 4) is 11.1 Å². The molecule has 5 saturated carbocycles. The van der Waals surface area contributed by atoms with Crippen LogP contribution in [0.3, 0.4) is 0 Å². The van der Waals surface area contributed by atoms with E-state index in [9.17, 15) is 0 Å². The fraction of sp³-hybridized carbons (Fsp3) is 0.556. The molecule has 12 unspecified atom stereocenters. The highest BCUT2D eigenvalue weighted by molar-refractivity contribution is 5.83. The van der Waals surface area contributed by atoms with Gasteiger partial charge in [0.1, 0.15) is 0 Å². The summed E-state index contributed by atoms with van der Waals surface area (Å²) in [4.78, 5) is 3.12. The first-order valence-electron chi connectivity index (χ1n) is 19.4. The van der Waals surface area contributed by atoms with E-state index in [0.717, 1.165) is 59.3 Å². The van der Waals surface area contributed by atoms with Crippen LogP contribution < -0.4 is 4.90 Å². The van der Waals surface area contributed by atoms with Crippen LogP contribution in [0.15, 0.2) is 84.4 Å². The summed E-state index contributed by atoms with van der Waals surface area (Å²) in [5.74, 6) is 8.77. The molecule has 1 saturated heterocycles. The Kier molecular flexibility index (Phi) is 5.70. The van der Waals surface area contributed by atoms with Gasteiger partial charge in [0.05, 0.1) is 0 Å². The third-order valence-electron chi connectivity index (χ3n) is 16.0. The Morgan fingerprint density at radius 3 is 2.24 bits per heavy atom. The van der Waals surface area contributed by atoms with Crippen molar-refractivity contribution in [1.29, 1.82) is 0 Å². The lowest BCUT2D eigenvalue weighted by Crippen LogP contribution is -2.45. The van der Waals surface area contributed by atoms with Gasteiger partial charge in [-0.2, -0.15) is 0 Å². The third-order valence-corrected chi connectivity index (χ3v) is 16.0. The summed E-state index contributed by atoms with van der Waals surface area (Å²) in [7, 11) is 0. The molecule has 1 heterocycles. The first-order chi connectivity index (χ1) is 22.6. The monoisotopic (exact) mass is 605 g/mol. The van der Waals surface area contributed by atoms with Gasteiger partial charge in [-0.05, 0) is 145 Å². The molecule has 46 heavy (non-hydrogen) atoms. The summed E-state index contributed by atoms with van der Waals surface area (Å²) in [5, 5.41) is 0. The topological polar surface area (TPSA) is 3.24 Å². The van der Waals surface area contributed by atoms with E-state index in [0.29, 0.717) is 12.0 Å². The molecule has 0 bridgehead atoms. The highest BCUT2D eigenvalue weighted by Gasteiger charge is 2.68. The van der Waals surface area contributed by atoms with Crippen molar-refractivity contribution < 1.29 is 0 Å². The predicted octanol–water partition coefficient (Wildman–Crippen LogP) is 10.8. The Balaban J connectivity index is 1.10. The maximum absolute atomic E-state index is 3.12. The van der Waals surface area contributed by atoms with Crippen LogP contribution in [0.4, 0.5) is 5.69 Å². The standard InChI is InChI=1S/C45H51N/c1-45(2)35-18-9-8-15-30(35)34-25-28(20-22-36(34)45)46-37-23-19-27-13-10-17-33-39(26-11-4-3-5-12-26)41-31-16-7-6-14-29(31)32-21-24-38(46)44(42(32)41)43(37)40(27)33/h3-5,8-9,11-12,15,17-18,20,22,25,27,29,31-32,37-44H,6-7,10,13-14,16,19,21,23-24H2,1-2H3. The molecule has 7 aliphatic carbocycles. The van der Waals surface area contributed by atoms with Gasteiger partial charge in [-0.15, -0.1) is 0 Å². The zero-order valence-corrected chi connectivity index (χ0v) is 28.0. The molecule has 11 rings (SSSR count). The number of allylic oxidation sites excluding steroid dienone is 2. The number of benzene rings is 3. The molecule has 0 N–H and O–H groups in total. The Morgan fingerprint density at radius 1 is 0.609 bits per heavy atom. The summed E-state index contributed by atoms with van der Waals surface area (Å²) in [5.41, 5.74) is 11.3. The van der Waals surface area contributed by atoms with Crippen LogP contribution in [0.2, 0.25) is 0 Å². The molecule has 1 nitrogen and oxygen atoms in total. The van der Waals surface area contributed by atoms with Crippen molar-refractivity contribution in [2.24, 2.45) is 53.3 Å². The van der Waals surface area contributed by atoms with E-state index in [2.05, 4.69) is 97.6 Å². The first kappa shape index (κ1) is 27.2. The van der Waals surface area contributed by atoms with Gasteiger partial charge >= 0.3 is 0 Å². The van der Waals surface area contributed by atoms with Crippen molar-refractivity contribution >= 4 is 5.69 Å². The second kappa shape index (κ2) is 9.64. The van der Waals surface area contributed by atoms with Crippen LogP contribution in [-0.4, -0.2) is 12.1 Å². The smallest absolute Gasteiger partial charge is 0.0377 e. The molecule has 12 atom stereocenters. The fourth-order valence-corrected chi connectivity index (χ4v) is 14.8. The SMILES string of the molecule is CC1(C)c2ccccc2-c2cc(N3C4CCC5CCC=C6C(c7ccccc7)C7C8CCCCC8C8CCC3C(C87)C4C65)ccc21.